The smallest absolute Gasteiger partial charge is 0.305 e. The van der Waals surface area contributed by atoms with E-state index in [1.54, 1.807) is 6.08 Å². The van der Waals surface area contributed by atoms with Gasteiger partial charge in [0, 0.05) is 12.8 Å². The summed E-state index contributed by atoms with van der Waals surface area (Å²) < 4.78 is 5.48. The first-order valence-electron chi connectivity index (χ1n) is 32.9. The van der Waals surface area contributed by atoms with Crippen LogP contribution < -0.4 is 5.32 Å². The molecule has 3 N–H and O–H groups in total. The Labute approximate surface area is 461 Å². The van der Waals surface area contributed by atoms with E-state index in [4.69, 9.17) is 4.74 Å². The molecule has 0 saturated heterocycles. The number of aliphatic hydroxyl groups excluding tert-OH is 2. The van der Waals surface area contributed by atoms with Gasteiger partial charge in [0.1, 0.15) is 0 Å². The van der Waals surface area contributed by atoms with Crippen LogP contribution in [-0.4, -0.2) is 47.4 Å². The maximum absolute atomic E-state index is 12.4. The van der Waals surface area contributed by atoms with Crippen molar-refractivity contribution in [2.45, 2.75) is 360 Å². The molecule has 0 saturated carbocycles. The van der Waals surface area contributed by atoms with Crippen LogP contribution in [0, 0.1) is 0 Å². The lowest BCUT2D eigenvalue weighted by Crippen LogP contribution is -2.45. The second kappa shape index (κ2) is 63.4. The van der Waals surface area contributed by atoms with Crippen LogP contribution in [0.2, 0.25) is 0 Å². The fourth-order valence-corrected chi connectivity index (χ4v) is 10.00. The predicted octanol–water partition coefficient (Wildman–Crippen LogP) is 20.9. The first-order chi connectivity index (χ1) is 36.5. The topological polar surface area (TPSA) is 95.9 Å². The predicted molar refractivity (Wildman–Crippen MR) is 324 cm³/mol. The number of carbonyl (C=O) groups is 2. The van der Waals surface area contributed by atoms with Gasteiger partial charge in [-0.3, -0.25) is 9.59 Å². The summed E-state index contributed by atoms with van der Waals surface area (Å²) in [6, 6.07) is -0.624. The molecule has 0 aliphatic carbocycles. The lowest BCUT2D eigenvalue weighted by molar-refractivity contribution is -0.143. The number of amides is 1. The first kappa shape index (κ1) is 71.8. The number of unbranched alkanes of at least 4 members (excludes halogenated alkanes) is 44. The largest absolute Gasteiger partial charge is 0.466 e. The number of carbonyl (C=O) groups excluding carboxylic acids is 2. The van der Waals surface area contributed by atoms with Crippen molar-refractivity contribution in [3.63, 3.8) is 0 Å². The molecule has 0 aromatic rings. The minimum Gasteiger partial charge on any atom is -0.466 e. The molecule has 0 aliphatic heterocycles. The minimum atomic E-state index is -0.840. The van der Waals surface area contributed by atoms with E-state index < -0.39 is 12.1 Å². The number of esters is 1. The van der Waals surface area contributed by atoms with Gasteiger partial charge in [-0.15, -0.1) is 0 Å². The van der Waals surface area contributed by atoms with Gasteiger partial charge < -0.3 is 20.3 Å². The molecule has 2 atom stereocenters. The molecule has 0 radical (unpaired) electrons. The maximum Gasteiger partial charge on any atom is 0.305 e. The van der Waals surface area contributed by atoms with Gasteiger partial charge in [0.2, 0.25) is 5.91 Å². The molecule has 434 valence electrons. The van der Waals surface area contributed by atoms with E-state index >= 15 is 0 Å². The van der Waals surface area contributed by atoms with Crippen molar-refractivity contribution < 1.29 is 24.5 Å². The molecular weight excluding hydrogens is 911 g/mol. The van der Waals surface area contributed by atoms with Gasteiger partial charge in [-0.25, -0.2) is 0 Å². The second-order valence-corrected chi connectivity index (χ2v) is 22.4. The fourth-order valence-electron chi connectivity index (χ4n) is 10.00. The van der Waals surface area contributed by atoms with E-state index in [1.165, 1.54) is 270 Å². The van der Waals surface area contributed by atoms with Crippen molar-refractivity contribution in [1.29, 1.82) is 0 Å². The summed E-state index contributed by atoms with van der Waals surface area (Å²) in [6.07, 6.45) is 81.9. The Morgan fingerprint density at radius 3 is 1.08 bits per heavy atom. The molecule has 0 fully saturated rings. The van der Waals surface area contributed by atoms with E-state index in [1.807, 2.05) is 6.08 Å². The van der Waals surface area contributed by atoms with Gasteiger partial charge in [0.05, 0.1) is 25.4 Å². The molecule has 0 spiro atoms. The van der Waals surface area contributed by atoms with Crippen molar-refractivity contribution in [2.75, 3.05) is 13.2 Å². The highest BCUT2D eigenvalue weighted by atomic mass is 16.5. The number of aliphatic hydroxyl groups is 2. The molecule has 0 heterocycles. The minimum absolute atomic E-state index is 0.00345. The fraction of sp³-hybridized carbons (Fsp3) is 0.853. The molecular formula is C68H127NO5. The summed E-state index contributed by atoms with van der Waals surface area (Å²) in [5.41, 5.74) is 0. The van der Waals surface area contributed by atoms with Crippen LogP contribution in [-0.2, 0) is 14.3 Å². The second-order valence-electron chi connectivity index (χ2n) is 22.4. The summed E-state index contributed by atoms with van der Waals surface area (Å²) in [7, 11) is 0. The molecule has 0 aliphatic rings. The van der Waals surface area contributed by atoms with Crippen molar-refractivity contribution in [3.05, 3.63) is 48.6 Å². The summed E-state index contributed by atoms with van der Waals surface area (Å²) in [5, 5.41) is 23.0. The number of ether oxygens (including phenoxy) is 1. The highest BCUT2D eigenvalue weighted by Crippen LogP contribution is 2.17. The van der Waals surface area contributed by atoms with Gasteiger partial charge in [0.15, 0.2) is 0 Å². The zero-order valence-electron chi connectivity index (χ0n) is 49.6. The quantitative estimate of drug-likeness (QED) is 0.0320. The summed E-state index contributed by atoms with van der Waals surface area (Å²) in [4.78, 5) is 24.5. The van der Waals surface area contributed by atoms with Crippen LogP contribution in [0.1, 0.15) is 348 Å². The average Bonchev–Trinajstić information content (AvgIpc) is 3.40. The Kier molecular flexibility index (Phi) is 61.5. The number of rotatable bonds is 61. The van der Waals surface area contributed by atoms with Gasteiger partial charge in [-0.2, -0.15) is 0 Å². The molecule has 0 aromatic heterocycles. The van der Waals surface area contributed by atoms with Gasteiger partial charge in [-0.05, 0) is 83.5 Å². The Morgan fingerprint density at radius 2 is 0.689 bits per heavy atom. The monoisotopic (exact) mass is 1040 g/mol. The molecule has 6 nitrogen and oxygen atoms in total. The van der Waals surface area contributed by atoms with Crippen LogP contribution >= 0.6 is 0 Å². The molecule has 2 unspecified atom stereocenters. The summed E-state index contributed by atoms with van der Waals surface area (Å²) >= 11 is 0. The van der Waals surface area contributed by atoms with Gasteiger partial charge in [-0.1, -0.05) is 300 Å². The molecule has 1 amide bonds. The van der Waals surface area contributed by atoms with Crippen molar-refractivity contribution in [2.24, 2.45) is 0 Å². The van der Waals surface area contributed by atoms with Crippen LogP contribution in [0.25, 0.3) is 0 Å². The molecule has 0 bridgehead atoms. The SMILES string of the molecule is CCCC/C=C\C/C=C\CCCCCCCC(=O)OCCCCCCCCCCCCCC/C=C\CCCCCCCCCCCCCCCCCCCC(=O)NC(CO)C(O)/C=C/CCCCCCCCCC. The molecule has 6 heteroatoms. The van der Waals surface area contributed by atoms with Crippen LogP contribution in [0.3, 0.4) is 0 Å². The normalized spacial score (nSPS) is 12.9. The highest BCUT2D eigenvalue weighted by molar-refractivity contribution is 5.76. The van der Waals surface area contributed by atoms with Crippen molar-refractivity contribution >= 4 is 11.9 Å². The Bertz CT molecular complexity index is 1240. The first-order valence-corrected chi connectivity index (χ1v) is 32.9. The van der Waals surface area contributed by atoms with E-state index in [2.05, 4.69) is 55.6 Å². The zero-order valence-corrected chi connectivity index (χ0v) is 49.6. The third-order valence-corrected chi connectivity index (χ3v) is 15.1. The van der Waals surface area contributed by atoms with Gasteiger partial charge >= 0.3 is 5.97 Å². The standard InChI is InChI=1S/C68H127NO5/c1-3-5-7-9-11-13-15-16-39-42-46-50-54-58-62-68(73)74-63-59-55-51-47-43-40-37-35-33-31-29-27-25-23-21-19-17-18-20-22-24-26-28-30-32-34-36-38-41-45-49-53-57-61-67(72)69-65(64-70)66(71)60-56-52-48-44-14-12-10-8-6-4-2/h9,11,15-16,21,23,56,60,65-66,70-71H,3-8,10,12-14,17-20,22,24-55,57-59,61-64H2,1-2H3,(H,69,72)/b11-9-,16-15-,23-21-,60-56+. The number of allylic oxidation sites excluding steroid dienone is 7. The third-order valence-electron chi connectivity index (χ3n) is 15.1. The van der Waals surface area contributed by atoms with E-state index in [-0.39, 0.29) is 18.5 Å². The van der Waals surface area contributed by atoms with Gasteiger partial charge in [0.25, 0.3) is 0 Å². The van der Waals surface area contributed by atoms with Crippen LogP contribution in [0.4, 0.5) is 0 Å². The van der Waals surface area contributed by atoms with Crippen molar-refractivity contribution in [3.8, 4) is 0 Å². The zero-order chi connectivity index (χ0) is 53.6. The maximum atomic E-state index is 12.4. The Morgan fingerprint density at radius 1 is 0.378 bits per heavy atom. The number of hydrogen-bond donors (Lipinski definition) is 3. The van der Waals surface area contributed by atoms with E-state index in [9.17, 15) is 19.8 Å². The lowest BCUT2D eigenvalue weighted by Gasteiger charge is -2.20. The lowest BCUT2D eigenvalue weighted by atomic mass is 10.0. The van der Waals surface area contributed by atoms with Crippen LogP contribution in [0.15, 0.2) is 48.6 Å². The van der Waals surface area contributed by atoms with E-state index in [0.29, 0.717) is 19.4 Å². The number of hydrogen-bond acceptors (Lipinski definition) is 5. The van der Waals surface area contributed by atoms with E-state index in [0.717, 1.165) is 51.4 Å². The average molecular weight is 1040 g/mol. The Hall–Kier alpha value is -2.18. The summed E-state index contributed by atoms with van der Waals surface area (Å²) in [5.74, 6) is -0.0628. The Balaban J connectivity index is 3.34. The molecule has 0 rings (SSSR count). The molecule has 74 heavy (non-hydrogen) atoms. The third kappa shape index (κ3) is 59.1. The highest BCUT2D eigenvalue weighted by Gasteiger charge is 2.18. The van der Waals surface area contributed by atoms with Crippen molar-refractivity contribution in [1.82, 2.24) is 5.32 Å². The summed E-state index contributed by atoms with van der Waals surface area (Å²) in [6.45, 7) is 4.85. The molecule has 0 aromatic carbocycles. The van der Waals surface area contributed by atoms with Crippen LogP contribution in [0.5, 0.6) is 0 Å². The number of nitrogens with one attached hydrogen (secondary N) is 1.